The first-order chi connectivity index (χ1) is 9.70. The van der Waals surface area contributed by atoms with Gasteiger partial charge in [-0.1, -0.05) is 18.2 Å². The first-order valence-electron chi connectivity index (χ1n) is 6.84. The summed E-state index contributed by atoms with van der Waals surface area (Å²) in [4.78, 5) is 11.2. The van der Waals surface area contributed by atoms with Gasteiger partial charge in [0.2, 0.25) is 5.95 Å². The second-order valence-corrected chi connectivity index (χ2v) is 5.80. The third kappa shape index (κ3) is 2.26. The molecule has 1 unspecified atom stereocenters. The van der Waals surface area contributed by atoms with Crippen molar-refractivity contribution in [1.29, 1.82) is 0 Å². The van der Waals surface area contributed by atoms with Crippen LogP contribution in [0.1, 0.15) is 19.4 Å². The number of hydrogen-bond donors (Lipinski definition) is 1. The fraction of sp³-hybridized carbons (Fsp3) is 0.333. The molecule has 5 heteroatoms. The van der Waals surface area contributed by atoms with Gasteiger partial charge in [-0.2, -0.15) is 4.98 Å². The number of fused-ring (bicyclic) bond motifs is 1. The van der Waals surface area contributed by atoms with Gasteiger partial charge in [-0.15, -0.1) is 0 Å². The molecule has 1 aliphatic heterocycles. The number of hydrogen-bond acceptors (Lipinski definition) is 4. The normalized spacial score (nSPS) is 17.1. The monoisotopic (exact) mass is 332 g/mol. The summed E-state index contributed by atoms with van der Waals surface area (Å²) < 4.78 is 0.919. The van der Waals surface area contributed by atoms with E-state index in [2.05, 4.69) is 67.3 Å². The Kier molecular flexibility index (Phi) is 3.61. The molecule has 0 saturated carbocycles. The molecule has 0 bridgehead atoms. The molecule has 20 heavy (non-hydrogen) atoms. The maximum absolute atomic E-state index is 4.65. The van der Waals surface area contributed by atoms with Crippen LogP contribution in [0.25, 0.3) is 0 Å². The molecule has 1 N–H and O–H groups in total. The van der Waals surface area contributed by atoms with E-state index >= 15 is 0 Å². The Labute approximate surface area is 127 Å². The van der Waals surface area contributed by atoms with Crippen molar-refractivity contribution in [3.63, 3.8) is 0 Å². The van der Waals surface area contributed by atoms with E-state index < -0.39 is 0 Å². The van der Waals surface area contributed by atoms with Crippen LogP contribution in [0.4, 0.5) is 17.5 Å². The third-order valence-electron chi connectivity index (χ3n) is 3.50. The van der Waals surface area contributed by atoms with E-state index in [0.29, 0.717) is 12.0 Å². The van der Waals surface area contributed by atoms with Crippen molar-refractivity contribution in [3.8, 4) is 0 Å². The van der Waals surface area contributed by atoms with Gasteiger partial charge in [-0.05, 0) is 47.8 Å². The second-order valence-electron chi connectivity index (χ2n) is 4.95. The minimum atomic E-state index is 0.396. The number of nitrogens with zero attached hydrogens (tertiary/aromatic N) is 3. The fourth-order valence-electron chi connectivity index (χ4n) is 2.66. The minimum absolute atomic E-state index is 0.396. The number of aromatic nitrogens is 2. The first kappa shape index (κ1) is 13.4. The maximum atomic E-state index is 4.65. The molecular formula is C15H17BrN4. The van der Waals surface area contributed by atoms with E-state index in [-0.39, 0.29) is 0 Å². The molecule has 4 nitrogen and oxygen atoms in total. The van der Waals surface area contributed by atoms with Gasteiger partial charge in [0.05, 0.1) is 4.47 Å². The van der Waals surface area contributed by atoms with Crippen molar-refractivity contribution in [3.05, 3.63) is 40.5 Å². The maximum Gasteiger partial charge on any atom is 0.224 e. The molecule has 0 spiro atoms. The molecule has 2 aromatic rings. The SMILES string of the molecule is CCNc1ncc(Br)c(N2c3ccccc3CC2C)n1. The van der Waals surface area contributed by atoms with E-state index in [4.69, 9.17) is 0 Å². The molecule has 104 valence electrons. The summed E-state index contributed by atoms with van der Waals surface area (Å²) in [5.74, 6) is 1.59. The summed E-state index contributed by atoms with van der Waals surface area (Å²) >= 11 is 3.58. The standard InChI is InChI=1S/C15H17BrN4/c1-3-17-15-18-9-12(16)14(19-15)20-10(2)8-11-6-4-5-7-13(11)20/h4-7,9-10H,3,8H2,1-2H3,(H,17,18,19). The Bertz CT molecular complexity index is 629. The van der Waals surface area contributed by atoms with E-state index in [1.165, 1.54) is 11.3 Å². The zero-order valence-corrected chi connectivity index (χ0v) is 13.2. The molecule has 1 aromatic heterocycles. The average molecular weight is 333 g/mol. The molecule has 2 heterocycles. The lowest BCUT2D eigenvalue weighted by molar-refractivity contribution is 0.747. The van der Waals surface area contributed by atoms with E-state index in [9.17, 15) is 0 Å². The number of nitrogens with one attached hydrogen (secondary N) is 1. The van der Waals surface area contributed by atoms with Crippen LogP contribution in [0.5, 0.6) is 0 Å². The average Bonchev–Trinajstić information content (AvgIpc) is 2.77. The summed E-state index contributed by atoms with van der Waals surface area (Å²) in [6.07, 6.45) is 2.86. The molecular weight excluding hydrogens is 316 g/mol. The number of para-hydroxylation sites is 1. The van der Waals surface area contributed by atoms with Gasteiger partial charge in [0.15, 0.2) is 5.82 Å². The summed E-state index contributed by atoms with van der Waals surface area (Å²) in [6, 6.07) is 8.90. The number of halogens is 1. The lowest BCUT2D eigenvalue weighted by Crippen LogP contribution is -2.25. The summed E-state index contributed by atoms with van der Waals surface area (Å²) in [7, 11) is 0. The van der Waals surface area contributed by atoms with Gasteiger partial charge in [-0.3, -0.25) is 0 Å². The van der Waals surface area contributed by atoms with E-state index in [1.807, 2.05) is 13.1 Å². The van der Waals surface area contributed by atoms with Crippen LogP contribution in [0, 0.1) is 0 Å². The zero-order chi connectivity index (χ0) is 14.1. The highest BCUT2D eigenvalue weighted by Gasteiger charge is 2.29. The zero-order valence-electron chi connectivity index (χ0n) is 11.6. The molecule has 3 rings (SSSR count). The van der Waals surface area contributed by atoms with E-state index in [1.54, 1.807) is 0 Å². The lowest BCUT2D eigenvalue weighted by Gasteiger charge is -2.25. The summed E-state index contributed by atoms with van der Waals surface area (Å²) in [5, 5.41) is 3.17. The lowest BCUT2D eigenvalue weighted by atomic mass is 10.1. The van der Waals surface area contributed by atoms with Gasteiger partial charge in [0.1, 0.15) is 0 Å². The van der Waals surface area contributed by atoms with Crippen molar-refractivity contribution in [2.45, 2.75) is 26.3 Å². The van der Waals surface area contributed by atoms with Gasteiger partial charge in [-0.25, -0.2) is 4.98 Å². The molecule has 0 aliphatic carbocycles. The van der Waals surface area contributed by atoms with Crippen molar-refractivity contribution < 1.29 is 0 Å². The van der Waals surface area contributed by atoms with Gasteiger partial charge < -0.3 is 10.2 Å². The Morgan fingerprint density at radius 3 is 3.00 bits per heavy atom. The number of benzene rings is 1. The van der Waals surface area contributed by atoms with Gasteiger partial charge in [0.25, 0.3) is 0 Å². The minimum Gasteiger partial charge on any atom is -0.354 e. The van der Waals surface area contributed by atoms with Gasteiger partial charge >= 0.3 is 0 Å². The molecule has 0 saturated heterocycles. The Hall–Kier alpha value is -1.62. The Morgan fingerprint density at radius 1 is 1.40 bits per heavy atom. The third-order valence-corrected chi connectivity index (χ3v) is 4.06. The first-order valence-corrected chi connectivity index (χ1v) is 7.63. The highest BCUT2D eigenvalue weighted by Crippen LogP contribution is 2.40. The number of anilines is 3. The fourth-order valence-corrected chi connectivity index (χ4v) is 3.04. The van der Waals surface area contributed by atoms with Crippen LogP contribution in [0.3, 0.4) is 0 Å². The molecule has 0 radical (unpaired) electrons. The van der Waals surface area contributed by atoms with Crippen LogP contribution < -0.4 is 10.2 Å². The highest BCUT2D eigenvalue weighted by atomic mass is 79.9. The predicted octanol–water partition coefficient (Wildman–Crippen LogP) is 3.75. The van der Waals surface area contributed by atoms with Crippen LogP contribution in [0.2, 0.25) is 0 Å². The summed E-state index contributed by atoms with van der Waals surface area (Å²) in [5.41, 5.74) is 2.61. The molecule has 0 fully saturated rings. The van der Waals surface area contributed by atoms with Crippen LogP contribution in [-0.4, -0.2) is 22.6 Å². The number of rotatable bonds is 3. The molecule has 1 aliphatic rings. The quantitative estimate of drug-likeness (QED) is 0.929. The second kappa shape index (κ2) is 5.40. The van der Waals surface area contributed by atoms with Crippen molar-refractivity contribution in [2.24, 2.45) is 0 Å². The Morgan fingerprint density at radius 2 is 2.20 bits per heavy atom. The van der Waals surface area contributed by atoms with Crippen LogP contribution in [0.15, 0.2) is 34.9 Å². The largest absolute Gasteiger partial charge is 0.354 e. The predicted molar refractivity (Wildman–Crippen MR) is 85.6 cm³/mol. The molecule has 0 amide bonds. The topological polar surface area (TPSA) is 41.1 Å². The van der Waals surface area contributed by atoms with Crippen molar-refractivity contribution >= 4 is 33.4 Å². The highest BCUT2D eigenvalue weighted by molar-refractivity contribution is 9.10. The summed E-state index contributed by atoms with van der Waals surface area (Å²) in [6.45, 7) is 5.08. The smallest absolute Gasteiger partial charge is 0.224 e. The van der Waals surface area contributed by atoms with E-state index in [0.717, 1.165) is 23.3 Å². The van der Waals surface area contributed by atoms with Crippen LogP contribution >= 0.6 is 15.9 Å². The van der Waals surface area contributed by atoms with Crippen molar-refractivity contribution in [1.82, 2.24) is 9.97 Å². The van der Waals surface area contributed by atoms with Crippen LogP contribution in [-0.2, 0) is 6.42 Å². The van der Waals surface area contributed by atoms with Gasteiger partial charge in [0, 0.05) is 24.5 Å². The molecule has 1 atom stereocenters. The Balaban J connectivity index is 2.06. The van der Waals surface area contributed by atoms with Crippen molar-refractivity contribution in [2.75, 3.05) is 16.8 Å². The molecule has 1 aromatic carbocycles.